The Kier molecular flexibility index (Phi) is 6.07. The summed E-state index contributed by atoms with van der Waals surface area (Å²) in [5.74, 6) is -0.132. The third-order valence-electron chi connectivity index (χ3n) is 5.12. The third-order valence-corrected chi connectivity index (χ3v) is 5.12. The molecule has 1 fully saturated rings. The highest BCUT2D eigenvalue weighted by atomic mass is 19.4. The number of alkyl halides is 3. The third kappa shape index (κ3) is 4.55. The quantitative estimate of drug-likeness (QED) is 0.782. The summed E-state index contributed by atoms with van der Waals surface area (Å²) in [6, 6.07) is 5.34. The van der Waals surface area contributed by atoms with E-state index in [1.807, 2.05) is 17.8 Å². The van der Waals surface area contributed by atoms with Gasteiger partial charge in [-0.2, -0.15) is 18.3 Å². The van der Waals surface area contributed by atoms with Crippen LogP contribution in [0.15, 0.2) is 30.5 Å². The first-order valence-electron chi connectivity index (χ1n) is 9.47. The fourth-order valence-electron chi connectivity index (χ4n) is 3.55. The summed E-state index contributed by atoms with van der Waals surface area (Å²) >= 11 is 0. The van der Waals surface area contributed by atoms with Gasteiger partial charge in [-0.3, -0.25) is 9.48 Å². The summed E-state index contributed by atoms with van der Waals surface area (Å²) in [5.41, 5.74) is 1.61. The van der Waals surface area contributed by atoms with Gasteiger partial charge >= 0.3 is 6.18 Å². The lowest BCUT2D eigenvalue weighted by Gasteiger charge is -2.20. The van der Waals surface area contributed by atoms with Crippen molar-refractivity contribution in [1.82, 2.24) is 20.0 Å². The van der Waals surface area contributed by atoms with Crippen LogP contribution < -0.4 is 5.32 Å². The zero-order valence-electron chi connectivity index (χ0n) is 16.1. The molecule has 152 valence electrons. The maximum Gasteiger partial charge on any atom is 0.416 e. The number of hydrogen-bond acceptors (Lipinski definition) is 3. The molecule has 1 aromatic carbocycles. The maximum atomic E-state index is 13.2. The lowest BCUT2D eigenvalue weighted by atomic mass is 10.1. The van der Waals surface area contributed by atoms with Gasteiger partial charge in [0.15, 0.2) is 0 Å². The SMILES string of the molecule is CCCn1ncc(CN[C@@H]2CC(=O)N(Cc3ccccc3C(F)(F)F)C2)c1C. The Balaban J connectivity index is 1.60. The molecule has 1 N–H and O–H groups in total. The first-order valence-corrected chi connectivity index (χ1v) is 9.47. The fourth-order valence-corrected chi connectivity index (χ4v) is 3.55. The second-order valence-electron chi connectivity index (χ2n) is 7.19. The first-order chi connectivity index (χ1) is 13.3. The van der Waals surface area contributed by atoms with Crippen molar-refractivity contribution >= 4 is 5.91 Å². The maximum absolute atomic E-state index is 13.2. The van der Waals surface area contributed by atoms with Crippen molar-refractivity contribution in [3.63, 3.8) is 0 Å². The van der Waals surface area contributed by atoms with Crippen LogP contribution in [0.4, 0.5) is 13.2 Å². The molecule has 1 aliphatic rings. The minimum atomic E-state index is -4.42. The molecule has 0 saturated carbocycles. The second kappa shape index (κ2) is 8.34. The van der Waals surface area contributed by atoms with Gasteiger partial charge in [-0.05, 0) is 25.0 Å². The number of benzene rings is 1. The summed E-state index contributed by atoms with van der Waals surface area (Å²) in [4.78, 5) is 13.8. The van der Waals surface area contributed by atoms with Crippen LogP contribution >= 0.6 is 0 Å². The van der Waals surface area contributed by atoms with Crippen LogP contribution in [-0.4, -0.2) is 33.2 Å². The van der Waals surface area contributed by atoms with Gasteiger partial charge in [-0.25, -0.2) is 0 Å². The molecule has 1 aliphatic heterocycles. The molecular formula is C20H25F3N4O. The highest BCUT2D eigenvalue weighted by molar-refractivity contribution is 5.79. The fraction of sp³-hybridized carbons (Fsp3) is 0.500. The molecule has 28 heavy (non-hydrogen) atoms. The van der Waals surface area contributed by atoms with Crippen molar-refractivity contribution in [1.29, 1.82) is 0 Å². The number of hydrogen-bond donors (Lipinski definition) is 1. The standard InChI is InChI=1S/C20H25F3N4O/c1-3-8-27-14(2)16(11-25-27)10-24-17-9-19(28)26(13-17)12-15-6-4-5-7-18(15)20(21,22)23/h4-7,11,17,24H,3,8-10,12-13H2,1-2H3/t17-/m1/s1. The van der Waals surface area contributed by atoms with E-state index in [4.69, 9.17) is 0 Å². The van der Waals surface area contributed by atoms with Gasteiger partial charge in [0, 0.05) is 49.9 Å². The van der Waals surface area contributed by atoms with Crippen molar-refractivity contribution in [3.05, 3.63) is 52.8 Å². The molecule has 1 aromatic heterocycles. The highest BCUT2D eigenvalue weighted by Gasteiger charge is 2.35. The highest BCUT2D eigenvalue weighted by Crippen LogP contribution is 2.32. The average molecular weight is 394 g/mol. The van der Waals surface area contributed by atoms with Gasteiger partial charge in [0.1, 0.15) is 0 Å². The van der Waals surface area contributed by atoms with E-state index in [-0.39, 0.29) is 30.5 Å². The van der Waals surface area contributed by atoms with Crippen LogP contribution in [0.25, 0.3) is 0 Å². The molecular weight excluding hydrogens is 369 g/mol. The Labute approximate surface area is 162 Å². The summed E-state index contributed by atoms with van der Waals surface area (Å²) in [5, 5.41) is 7.71. The molecule has 1 atom stereocenters. The Bertz CT molecular complexity index is 831. The van der Waals surface area contributed by atoms with Gasteiger partial charge in [-0.1, -0.05) is 25.1 Å². The van der Waals surface area contributed by atoms with Crippen LogP contribution in [0.5, 0.6) is 0 Å². The van der Waals surface area contributed by atoms with Crippen LogP contribution in [0.1, 0.15) is 42.1 Å². The van der Waals surface area contributed by atoms with E-state index in [1.54, 1.807) is 6.07 Å². The number of carbonyl (C=O) groups is 1. The van der Waals surface area contributed by atoms with Crippen molar-refractivity contribution < 1.29 is 18.0 Å². The van der Waals surface area contributed by atoms with Crippen molar-refractivity contribution in [3.8, 4) is 0 Å². The zero-order chi connectivity index (χ0) is 20.3. The lowest BCUT2D eigenvalue weighted by Crippen LogP contribution is -2.32. The minimum Gasteiger partial charge on any atom is -0.337 e. The molecule has 5 nitrogen and oxygen atoms in total. The largest absolute Gasteiger partial charge is 0.416 e. The van der Waals surface area contributed by atoms with E-state index in [0.717, 1.165) is 30.3 Å². The number of aromatic nitrogens is 2. The number of carbonyl (C=O) groups excluding carboxylic acids is 1. The number of aryl methyl sites for hydroxylation is 1. The topological polar surface area (TPSA) is 50.2 Å². The van der Waals surface area contributed by atoms with Crippen molar-refractivity contribution in [2.45, 2.75) is 58.5 Å². The molecule has 3 rings (SSSR count). The monoisotopic (exact) mass is 394 g/mol. The van der Waals surface area contributed by atoms with E-state index >= 15 is 0 Å². The van der Waals surface area contributed by atoms with E-state index in [1.165, 1.54) is 17.0 Å². The van der Waals surface area contributed by atoms with Crippen molar-refractivity contribution in [2.75, 3.05) is 6.54 Å². The van der Waals surface area contributed by atoms with Gasteiger partial charge in [-0.15, -0.1) is 0 Å². The number of amides is 1. The predicted molar refractivity (Wildman–Crippen MR) is 99.4 cm³/mol. The Hall–Kier alpha value is -2.35. The van der Waals surface area contributed by atoms with Crippen molar-refractivity contribution in [2.24, 2.45) is 0 Å². The van der Waals surface area contributed by atoms with Crippen LogP contribution in [0, 0.1) is 6.92 Å². The molecule has 0 aliphatic carbocycles. The number of halogens is 3. The molecule has 1 amide bonds. The zero-order valence-corrected chi connectivity index (χ0v) is 16.1. The normalized spacial score (nSPS) is 17.5. The van der Waals surface area contributed by atoms with Crippen LogP contribution in [0.3, 0.4) is 0 Å². The number of rotatable bonds is 7. The van der Waals surface area contributed by atoms with Gasteiger partial charge in [0.25, 0.3) is 0 Å². The van der Waals surface area contributed by atoms with Gasteiger partial charge in [0.05, 0.1) is 11.8 Å². The summed E-state index contributed by atoms with van der Waals surface area (Å²) in [7, 11) is 0. The van der Waals surface area contributed by atoms with Crippen LogP contribution in [-0.2, 0) is 30.6 Å². The summed E-state index contributed by atoms with van der Waals surface area (Å²) < 4.78 is 41.5. The molecule has 2 heterocycles. The Morgan fingerprint density at radius 1 is 1.25 bits per heavy atom. The van der Waals surface area contributed by atoms with E-state index in [2.05, 4.69) is 17.3 Å². The molecule has 0 spiro atoms. The molecule has 2 aromatic rings. The number of nitrogens with one attached hydrogen (secondary N) is 1. The second-order valence-corrected chi connectivity index (χ2v) is 7.19. The number of likely N-dealkylation sites (tertiary alicyclic amines) is 1. The smallest absolute Gasteiger partial charge is 0.337 e. The van der Waals surface area contributed by atoms with E-state index in [0.29, 0.717) is 13.1 Å². The van der Waals surface area contributed by atoms with Gasteiger partial charge < -0.3 is 10.2 Å². The Morgan fingerprint density at radius 3 is 2.71 bits per heavy atom. The van der Waals surface area contributed by atoms with E-state index < -0.39 is 11.7 Å². The molecule has 1 saturated heterocycles. The van der Waals surface area contributed by atoms with E-state index in [9.17, 15) is 18.0 Å². The first kappa shape index (κ1) is 20.4. The molecule has 0 bridgehead atoms. The molecule has 0 unspecified atom stereocenters. The lowest BCUT2D eigenvalue weighted by molar-refractivity contribution is -0.139. The van der Waals surface area contributed by atoms with Gasteiger partial charge in [0.2, 0.25) is 5.91 Å². The summed E-state index contributed by atoms with van der Waals surface area (Å²) in [6.07, 6.45) is -1.31. The summed E-state index contributed by atoms with van der Waals surface area (Å²) in [6.45, 7) is 5.92. The average Bonchev–Trinajstić information content (AvgIpc) is 3.16. The minimum absolute atomic E-state index is 0.0276. The molecule has 8 heteroatoms. The predicted octanol–water partition coefficient (Wildman–Crippen LogP) is 3.51. The van der Waals surface area contributed by atoms with Crippen LogP contribution in [0.2, 0.25) is 0 Å². The Morgan fingerprint density at radius 2 is 2.00 bits per heavy atom. The molecule has 0 radical (unpaired) electrons. The number of nitrogens with zero attached hydrogens (tertiary/aromatic N) is 3.